The zero-order valence-electron chi connectivity index (χ0n) is 7.12. The fourth-order valence-electron chi connectivity index (χ4n) is 0.863. The van der Waals surface area contributed by atoms with Crippen molar-refractivity contribution in [2.24, 2.45) is 0 Å². The van der Waals surface area contributed by atoms with Crippen LogP contribution in [-0.2, 0) is 14.8 Å². The van der Waals surface area contributed by atoms with E-state index >= 15 is 0 Å². The zero-order chi connectivity index (χ0) is 8.49. The normalized spacial score (nSPS) is 25.3. The minimum absolute atomic E-state index is 0.508. The second-order valence-corrected chi connectivity index (χ2v) is 2.53. The van der Waals surface area contributed by atoms with Gasteiger partial charge in [0.1, 0.15) is 0 Å². The maximum atomic E-state index is 4.72. The van der Waals surface area contributed by atoms with Gasteiger partial charge in [0.05, 0.1) is 13.2 Å². The molecule has 0 saturated heterocycles. The first-order valence-corrected chi connectivity index (χ1v) is 4.27. The molecule has 0 fully saturated rings. The van der Waals surface area contributed by atoms with Crippen LogP contribution in [0.1, 0.15) is 12.8 Å². The number of rotatable bonds is 0. The largest absolute Gasteiger partial charge is 0.311 e. The van der Waals surface area contributed by atoms with Crippen molar-refractivity contribution in [2.75, 3.05) is 26.3 Å². The van der Waals surface area contributed by atoms with Crippen molar-refractivity contribution in [1.82, 2.24) is 5.32 Å². The Bertz CT molecular complexity index is 113. The van der Waals surface area contributed by atoms with Gasteiger partial charge in [0, 0.05) is 13.1 Å². The highest BCUT2D eigenvalue weighted by Gasteiger charge is 1.92. The summed E-state index contributed by atoms with van der Waals surface area (Å²) in [6.45, 7) is 2.75. The van der Waals surface area contributed by atoms with E-state index in [1.54, 1.807) is 0 Å². The van der Waals surface area contributed by atoms with E-state index in [0.29, 0.717) is 13.2 Å². The smallest absolute Gasteiger partial charge is 0.0978 e. The predicted octanol–water partition coefficient (Wildman–Crippen LogP) is 0.806. The van der Waals surface area contributed by atoms with Crippen LogP contribution in [0, 0.1) is 0 Å². The molecule has 1 N–H and O–H groups in total. The molecular formula is C8H15NO3. The fraction of sp³-hybridized carbons (Fsp3) is 0.750. The van der Waals surface area contributed by atoms with Crippen molar-refractivity contribution in [3.8, 4) is 0 Å². The van der Waals surface area contributed by atoms with Gasteiger partial charge >= 0.3 is 0 Å². The Morgan fingerprint density at radius 3 is 3.00 bits per heavy atom. The van der Waals surface area contributed by atoms with Crippen molar-refractivity contribution in [1.29, 1.82) is 0 Å². The number of hydrogen-bond donors (Lipinski definition) is 1. The van der Waals surface area contributed by atoms with Gasteiger partial charge in [0.25, 0.3) is 0 Å². The summed E-state index contributed by atoms with van der Waals surface area (Å²) >= 11 is 0. The van der Waals surface area contributed by atoms with E-state index in [1.807, 2.05) is 0 Å². The van der Waals surface area contributed by atoms with Gasteiger partial charge in [-0.05, 0) is 12.8 Å². The first kappa shape index (κ1) is 9.67. The molecule has 0 aromatic carbocycles. The summed E-state index contributed by atoms with van der Waals surface area (Å²) in [4.78, 5) is 9.42. The van der Waals surface area contributed by atoms with E-state index in [0.717, 1.165) is 25.9 Å². The van der Waals surface area contributed by atoms with Crippen molar-refractivity contribution in [3.63, 3.8) is 0 Å². The first-order chi connectivity index (χ1) is 6.00. The molecule has 4 heteroatoms. The molecule has 0 amide bonds. The average Bonchev–Trinajstić information content (AvgIpc) is 2.05. The highest BCUT2D eigenvalue weighted by Crippen LogP contribution is 1.93. The van der Waals surface area contributed by atoms with Crippen LogP contribution in [0.3, 0.4) is 0 Å². The van der Waals surface area contributed by atoms with Crippen LogP contribution in [0.15, 0.2) is 12.2 Å². The summed E-state index contributed by atoms with van der Waals surface area (Å²) in [6, 6.07) is 0. The minimum atomic E-state index is 0.508. The molecular weight excluding hydrogens is 158 g/mol. The van der Waals surface area contributed by atoms with E-state index in [1.165, 1.54) is 0 Å². The van der Waals surface area contributed by atoms with Crippen LogP contribution < -0.4 is 5.32 Å². The predicted molar refractivity (Wildman–Crippen MR) is 44.2 cm³/mol. The van der Waals surface area contributed by atoms with Crippen LogP contribution >= 0.6 is 0 Å². The fourth-order valence-corrected chi connectivity index (χ4v) is 0.863. The molecule has 1 aliphatic heterocycles. The van der Waals surface area contributed by atoms with Crippen LogP contribution in [-0.4, -0.2) is 26.3 Å². The molecule has 0 spiro atoms. The Kier molecular flexibility index (Phi) is 5.83. The number of nitrogens with one attached hydrogen (secondary N) is 1. The van der Waals surface area contributed by atoms with Crippen LogP contribution in [0.2, 0.25) is 0 Å². The molecule has 0 aromatic rings. The lowest BCUT2D eigenvalue weighted by atomic mass is 10.3. The van der Waals surface area contributed by atoms with Gasteiger partial charge in [-0.2, -0.15) is 0 Å². The molecule has 0 unspecified atom stereocenters. The third-order valence-corrected chi connectivity index (χ3v) is 1.49. The molecule has 70 valence electrons. The second kappa shape index (κ2) is 7.24. The van der Waals surface area contributed by atoms with Gasteiger partial charge in [-0.1, -0.05) is 17.2 Å². The highest BCUT2D eigenvalue weighted by molar-refractivity contribution is 4.83. The Hall–Kier alpha value is -0.420. The third-order valence-electron chi connectivity index (χ3n) is 1.49. The average molecular weight is 173 g/mol. The van der Waals surface area contributed by atoms with Crippen molar-refractivity contribution in [2.45, 2.75) is 12.8 Å². The first-order valence-electron chi connectivity index (χ1n) is 4.27. The lowest BCUT2D eigenvalue weighted by Gasteiger charge is -2.04. The summed E-state index contributed by atoms with van der Waals surface area (Å²) in [5.74, 6) is 0. The van der Waals surface area contributed by atoms with Gasteiger partial charge in [-0.25, -0.2) is 9.78 Å². The summed E-state index contributed by atoms with van der Waals surface area (Å²) in [5, 5.41) is 7.60. The summed E-state index contributed by atoms with van der Waals surface area (Å²) in [6.07, 6.45) is 6.23. The summed E-state index contributed by atoms with van der Waals surface area (Å²) < 4.78 is 0. The molecule has 1 rings (SSSR count). The molecule has 0 bridgehead atoms. The Morgan fingerprint density at radius 1 is 1.08 bits per heavy atom. The van der Waals surface area contributed by atoms with E-state index in [9.17, 15) is 0 Å². The third kappa shape index (κ3) is 5.26. The Morgan fingerprint density at radius 2 is 2.00 bits per heavy atom. The van der Waals surface area contributed by atoms with E-state index in [-0.39, 0.29) is 0 Å². The van der Waals surface area contributed by atoms with E-state index in [2.05, 4.69) is 22.5 Å². The molecule has 0 radical (unpaired) electrons. The number of hydrogen-bond acceptors (Lipinski definition) is 4. The maximum Gasteiger partial charge on any atom is 0.0978 e. The van der Waals surface area contributed by atoms with E-state index < -0.39 is 0 Å². The quantitative estimate of drug-likeness (QED) is 0.434. The Balaban J connectivity index is 2.10. The van der Waals surface area contributed by atoms with Crippen molar-refractivity contribution >= 4 is 0 Å². The molecule has 12 heavy (non-hydrogen) atoms. The minimum Gasteiger partial charge on any atom is -0.311 e. The van der Waals surface area contributed by atoms with Crippen molar-refractivity contribution < 1.29 is 14.8 Å². The monoisotopic (exact) mass is 173 g/mol. The molecule has 1 heterocycles. The SMILES string of the molecule is C1=C\CNCCOOOCCC/1. The standard InChI is InChI=1S/C8H15NO3/c1-2-4-7-10-12-11-8-6-9-5-3-1/h1,3,9H,2,4-8H2/b3-1-. The molecule has 0 aliphatic carbocycles. The topological polar surface area (TPSA) is 39.7 Å². The molecule has 0 atom stereocenters. The lowest BCUT2D eigenvalue weighted by Crippen LogP contribution is -2.20. The Labute approximate surface area is 72.3 Å². The van der Waals surface area contributed by atoms with Gasteiger partial charge in [0.15, 0.2) is 0 Å². The van der Waals surface area contributed by atoms with E-state index in [4.69, 9.17) is 9.78 Å². The second-order valence-electron chi connectivity index (χ2n) is 2.53. The molecule has 1 aliphatic rings. The van der Waals surface area contributed by atoms with Gasteiger partial charge < -0.3 is 5.32 Å². The molecule has 0 saturated carbocycles. The van der Waals surface area contributed by atoms with Gasteiger partial charge in [-0.3, -0.25) is 0 Å². The zero-order valence-corrected chi connectivity index (χ0v) is 7.12. The van der Waals surface area contributed by atoms with Crippen LogP contribution in [0.4, 0.5) is 0 Å². The summed E-state index contributed by atoms with van der Waals surface area (Å²) in [5.41, 5.74) is 0. The maximum absolute atomic E-state index is 4.72. The molecule has 0 aromatic heterocycles. The lowest BCUT2D eigenvalue weighted by molar-refractivity contribution is -0.511. The van der Waals surface area contributed by atoms with Crippen molar-refractivity contribution in [3.05, 3.63) is 12.2 Å². The van der Waals surface area contributed by atoms with Gasteiger partial charge in [0.2, 0.25) is 0 Å². The van der Waals surface area contributed by atoms with Crippen LogP contribution in [0.5, 0.6) is 0 Å². The highest BCUT2D eigenvalue weighted by atomic mass is 17.5. The number of allylic oxidation sites excluding steroid dienone is 1. The molecule has 4 nitrogen and oxygen atoms in total. The van der Waals surface area contributed by atoms with Crippen LogP contribution in [0.25, 0.3) is 0 Å². The van der Waals surface area contributed by atoms with Gasteiger partial charge in [-0.15, -0.1) is 0 Å². The summed E-state index contributed by atoms with van der Waals surface area (Å²) in [7, 11) is 0.